The summed E-state index contributed by atoms with van der Waals surface area (Å²) in [5, 5.41) is 2.41. The molecule has 152 valence electrons. The van der Waals surface area contributed by atoms with Crippen molar-refractivity contribution in [2.24, 2.45) is 0 Å². The van der Waals surface area contributed by atoms with Crippen LogP contribution in [0.2, 0.25) is 0 Å². The topological polar surface area (TPSA) is 54.0 Å². The van der Waals surface area contributed by atoms with Gasteiger partial charge in [0, 0.05) is 39.8 Å². The summed E-state index contributed by atoms with van der Waals surface area (Å²) in [6.45, 7) is 3.98. The van der Waals surface area contributed by atoms with Crippen LogP contribution >= 0.6 is 12.4 Å². The Labute approximate surface area is 170 Å². The number of piperazine rings is 1. The van der Waals surface area contributed by atoms with Gasteiger partial charge in [-0.1, -0.05) is 18.2 Å². The summed E-state index contributed by atoms with van der Waals surface area (Å²) in [6.07, 6.45) is -0.537. The first-order chi connectivity index (χ1) is 13.1. The van der Waals surface area contributed by atoms with E-state index >= 15 is 0 Å². The number of carbonyl (C=O) groups is 1. The second-order valence-electron chi connectivity index (χ2n) is 6.34. The van der Waals surface area contributed by atoms with Gasteiger partial charge in [-0.3, -0.25) is 4.90 Å². The molecular formula is C20H25ClFN3O3. The van der Waals surface area contributed by atoms with Crippen LogP contribution in [0.1, 0.15) is 5.56 Å². The van der Waals surface area contributed by atoms with E-state index in [4.69, 9.17) is 9.47 Å². The Kier molecular flexibility index (Phi) is 7.90. The van der Waals surface area contributed by atoms with Crippen molar-refractivity contribution in [3.63, 3.8) is 0 Å². The normalized spacial score (nSPS) is 14.2. The lowest BCUT2D eigenvalue weighted by atomic mass is 10.1. The van der Waals surface area contributed by atoms with Crippen LogP contribution in [0.25, 0.3) is 0 Å². The summed E-state index contributed by atoms with van der Waals surface area (Å²) in [6, 6.07) is 12.4. The fourth-order valence-corrected chi connectivity index (χ4v) is 3.16. The number of nitrogens with zero attached hydrogens (tertiary/aromatic N) is 2. The third kappa shape index (κ3) is 5.27. The summed E-state index contributed by atoms with van der Waals surface area (Å²) in [5.41, 5.74) is 1.73. The predicted octanol–water partition coefficient (Wildman–Crippen LogP) is 3.30. The third-order valence-corrected chi connectivity index (χ3v) is 4.61. The highest BCUT2D eigenvalue weighted by Crippen LogP contribution is 2.29. The van der Waals surface area contributed by atoms with E-state index in [0.29, 0.717) is 17.2 Å². The van der Waals surface area contributed by atoms with Crippen LogP contribution in [0.5, 0.6) is 11.5 Å². The van der Waals surface area contributed by atoms with Crippen molar-refractivity contribution in [1.29, 1.82) is 0 Å². The number of carbonyl (C=O) groups excluding carboxylic acids is 1. The zero-order chi connectivity index (χ0) is 19.2. The number of hydrogen-bond donors (Lipinski definition) is 1. The Morgan fingerprint density at radius 2 is 1.82 bits per heavy atom. The van der Waals surface area contributed by atoms with Crippen molar-refractivity contribution >= 4 is 24.2 Å². The molecule has 1 aliphatic rings. The van der Waals surface area contributed by atoms with Crippen LogP contribution < -0.4 is 19.7 Å². The summed E-state index contributed by atoms with van der Waals surface area (Å²) in [4.78, 5) is 15.8. The molecule has 3 rings (SSSR count). The second kappa shape index (κ2) is 10.1. The maximum Gasteiger partial charge on any atom is 0.412 e. The number of rotatable bonds is 5. The minimum atomic E-state index is -0.537. The highest BCUT2D eigenvalue weighted by Gasteiger charge is 2.20. The summed E-state index contributed by atoms with van der Waals surface area (Å²) >= 11 is 0. The van der Waals surface area contributed by atoms with Crippen LogP contribution in [0.4, 0.5) is 14.9 Å². The molecule has 0 radical (unpaired) electrons. The van der Waals surface area contributed by atoms with Crippen molar-refractivity contribution in [3.8, 4) is 11.5 Å². The molecule has 0 spiro atoms. The highest BCUT2D eigenvalue weighted by atomic mass is 35.5. The first-order valence-corrected chi connectivity index (χ1v) is 8.89. The molecule has 0 unspecified atom stereocenters. The van der Waals surface area contributed by atoms with Crippen molar-refractivity contribution in [3.05, 3.63) is 53.8 Å². The number of benzene rings is 2. The Morgan fingerprint density at radius 1 is 1.11 bits per heavy atom. The molecule has 6 nitrogen and oxygen atoms in total. The lowest BCUT2D eigenvalue weighted by Gasteiger charge is -2.36. The first-order valence-electron chi connectivity index (χ1n) is 8.89. The predicted molar refractivity (Wildman–Crippen MR) is 109 cm³/mol. The van der Waals surface area contributed by atoms with Gasteiger partial charge >= 0.3 is 6.09 Å². The average Bonchev–Trinajstić information content (AvgIpc) is 2.70. The molecule has 0 saturated carbocycles. The fourth-order valence-electron chi connectivity index (χ4n) is 3.16. The Hall–Kier alpha value is -2.51. The van der Waals surface area contributed by atoms with Gasteiger partial charge in [-0.2, -0.15) is 0 Å². The maximum absolute atomic E-state index is 13.9. The largest absolute Gasteiger partial charge is 0.493 e. The van der Waals surface area contributed by atoms with Crippen LogP contribution in [0.3, 0.4) is 0 Å². The zero-order valence-corrected chi connectivity index (χ0v) is 16.8. The van der Waals surface area contributed by atoms with Crippen molar-refractivity contribution in [2.75, 3.05) is 45.2 Å². The molecule has 1 N–H and O–H groups in total. The monoisotopic (exact) mass is 409 g/mol. The molecule has 2 aromatic carbocycles. The Morgan fingerprint density at radius 3 is 2.46 bits per heavy atom. The molecule has 8 heteroatoms. The molecule has 0 aliphatic carbocycles. The SMILES string of the molecule is CNC(=O)Oc1ccc(CN2CCN(c3ccccc3F)CC2)cc1OC.Cl. The minimum Gasteiger partial charge on any atom is -0.493 e. The van der Waals surface area contributed by atoms with Crippen LogP contribution in [0, 0.1) is 5.82 Å². The van der Waals surface area contributed by atoms with Gasteiger partial charge in [0.2, 0.25) is 0 Å². The van der Waals surface area contributed by atoms with Gasteiger partial charge in [-0.15, -0.1) is 12.4 Å². The quantitative estimate of drug-likeness (QED) is 0.821. The third-order valence-electron chi connectivity index (χ3n) is 4.61. The summed E-state index contributed by atoms with van der Waals surface area (Å²) < 4.78 is 24.5. The number of anilines is 1. The average molecular weight is 410 g/mol. The number of halogens is 2. The number of ether oxygens (including phenoxy) is 2. The molecule has 0 bridgehead atoms. The zero-order valence-electron chi connectivity index (χ0n) is 16.0. The van der Waals surface area contributed by atoms with E-state index in [1.807, 2.05) is 24.3 Å². The van der Waals surface area contributed by atoms with Gasteiger partial charge < -0.3 is 19.7 Å². The number of para-hydroxylation sites is 1. The standard InChI is InChI=1S/C20H24FN3O3.ClH/c1-22-20(25)27-18-8-7-15(13-19(18)26-2)14-23-9-11-24(12-10-23)17-6-4-3-5-16(17)21;/h3-8,13H,9-12,14H2,1-2H3,(H,22,25);1H. The van der Waals surface area contributed by atoms with Gasteiger partial charge in [0.05, 0.1) is 12.8 Å². The Bertz CT molecular complexity index is 798. The van der Waals surface area contributed by atoms with E-state index in [9.17, 15) is 9.18 Å². The molecule has 1 amide bonds. The maximum atomic E-state index is 13.9. The molecule has 1 fully saturated rings. The van der Waals surface area contributed by atoms with Gasteiger partial charge in [-0.25, -0.2) is 9.18 Å². The van der Waals surface area contributed by atoms with Crippen molar-refractivity contribution < 1.29 is 18.7 Å². The van der Waals surface area contributed by atoms with Gasteiger partial charge in [-0.05, 0) is 29.8 Å². The molecule has 28 heavy (non-hydrogen) atoms. The minimum absolute atomic E-state index is 0. The molecule has 1 aliphatic heterocycles. The molecule has 0 atom stereocenters. The number of hydrogen-bond acceptors (Lipinski definition) is 5. The summed E-state index contributed by atoms with van der Waals surface area (Å²) in [7, 11) is 3.05. The second-order valence-corrected chi connectivity index (χ2v) is 6.34. The number of methoxy groups -OCH3 is 1. The van der Waals surface area contributed by atoms with Crippen molar-refractivity contribution in [1.82, 2.24) is 10.2 Å². The lowest BCUT2D eigenvalue weighted by Crippen LogP contribution is -2.46. The van der Waals surface area contributed by atoms with E-state index in [2.05, 4.69) is 15.1 Å². The highest BCUT2D eigenvalue weighted by molar-refractivity contribution is 5.85. The van der Waals surface area contributed by atoms with Gasteiger partial charge in [0.1, 0.15) is 5.82 Å². The number of nitrogens with one attached hydrogen (secondary N) is 1. The van der Waals surface area contributed by atoms with Crippen LogP contribution in [-0.4, -0.2) is 51.3 Å². The van der Waals surface area contributed by atoms with Gasteiger partial charge in [0.15, 0.2) is 11.5 Å². The van der Waals surface area contributed by atoms with Crippen LogP contribution in [-0.2, 0) is 6.54 Å². The lowest BCUT2D eigenvalue weighted by molar-refractivity contribution is 0.200. The molecular weight excluding hydrogens is 385 g/mol. The van der Waals surface area contributed by atoms with E-state index in [1.54, 1.807) is 19.2 Å². The van der Waals surface area contributed by atoms with E-state index in [1.165, 1.54) is 13.1 Å². The summed E-state index contributed by atoms with van der Waals surface area (Å²) in [5.74, 6) is 0.716. The number of amides is 1. The molecule has 1 saturated heterocycles. The first kappa shape index (κ1) is 21.8. The van der Waals surface area contributed by atoms with E-state index in [0.717, 1.165) is 38.3 Å². The van der Waals surface area contributed by atoms with E-state index in [-0.39, 0.29) is 18.2 Å². The van der Waals surface area contributed by atoms with E-state index < -0.39 is 6.09 Å². The smallest absolute Gasteiger partial charge is 0.412 e. The van der Waals surface area contributed by atoms with Gasteiger partial charge in [0.25, 0.3) is 0 Å². The Balaban J connectivity index is 0.00000280. The molecule has 0 aromatic heterocycles. The molecule has 2 aromatic rings. The fraction of sp³-hybridized carbons (Fsp3) is 0.350. The van der Waals surface area contributed by atoms with Crippen molar-refractivity contribution in [2.45, 2.75) is 6.54 Å². The molecule has 1 heterocycles. The van der Waals surface area contributed by atoms with Crippen LogP contribution in [0.15, 0.2) is 42.5 Å².